The quantitative estimate of drug-likeness (QED) is 0.505. The molecule has 1 saturated heterocycles. The zero-order chi connectivity index (χ0) is 8.55. The predicted molar refractivity (Wildman–Crippen MR) is 44.3 cm³/mol. The maximum Gasteiger partial charge on any atom is 0.241 e. The highest BCUT2D eigenvalue weighted by Crippen LogP contribution is 2.13. The first-order valence-electron chi connectivity index (χ1n) is 3.80. The van der Waals surface area contributed by atoms with Gasteiger partial charge in [-0.15, -0.1) is 0 Å². The third-order valence-electron chi connectivity index (χ3n) is 2.01. The van der Waals surface area contributed by atoms with Gasteiger partial charge in [0.25, 0.3) is 0 Å². The molecular formula is C7H10N4O. The lowest BCUT2D eigenvalue weighted by atomic mass is 10.3. The lowest BCUT2D eigenvalue weighted by Crippen LogP contribution is -2.38. The number of carbonyl (C=O) groups is 1. The molecule has 2 aliphatic rings. The topological polar surface area (TPSA) is 70.7 Å². The Morgan fingerprint density at radius 2 is 2.67 bits per heavy atom. The summed E-state index contributed by atoms with van der Waals surface area (Å²) < 4.78 is 0. The summed E-state index contributed by atoms with van der Waals surface area (Å²) in [5.74, 6) is 0.576. The van der Waals surface area contributed by atoms with E-state index in [1.54, 1.807) is 12.4 Å². The molecule has 0 aromatic rings. The van der Waals surface area contributed by atoms with Crippen molar-refractivity contribution in [3.63, 3.8) is 0 Å². The molecule has 0 aliphatic carbocycles. The van der Waals surface area contributed by atoms with Crippen LogP contribution in [0.3, 0.4) is 0 Å². The molecule has 5 heteroatoms. The van der Waals surface area contributed by atoms with Gasteiger partial charge >= 0.3 is 0 Å². The van der Waals surface area contributed by atoms with Crippen molar-refractivity contribution in [2.24, 2.45) is 10.7 Å². The van der Waals surface area contributed by atoms with Gasteiger partial charge in [-0.25, -0.2) is 0 Å². The van der Waals surface area contributed by atoms with Gasteiger partial charge in [0.15, 0.2) is 0 Å². The van der Waals surface area contributed by atoms with Crippen molar-refractivity contribution >= 4 is 12.1 Å². The van der Waals surface area contributed by atoms with Crippen molar-refractivity contribution < 1.29 is 4.79 Å². The number of carbonyl (C=O) groups excluding carboxylic acids is 1. The van der Waals surface area contributed by atoms with E-state index < -0.39 is 0 Å². The van der Waals surface area contributed by atoms with Gasteiger partial charge in [-0.1, -0.05) is 0 Å². The van der Waals surface area contributed by atoms with Gasteiger partial charge in [0.05, 0.1) is 12.7 Å². The Hall–Kier alpha value is -1.52. The highest BCUT2D eigenvalue weighted by Gasteiger charge is 2.29. The first-order valence-corrected chi connectivity index (χ1v) is 3.80. The number of nitrogens with one attached hydrogen (secondary N) is 1. The first kappa shape index (κ1) is 7.15. The van der Waals surface area contributed by atoms with Crippen LogP contribution in [0.4, 0.5) is 0 Å². The number of rotatable bonds is 1. The standard InChI is InChI=1S/C7H10N4O/c8-7(12)5-4-11-2-1-9-3-6(11)10-5/h1,3,5,10H,2,4H2,(H2,8,12). The first-order chi connectivity index (χ1) is 5.77. The summed E-state index contributed by atoms with van der Waals surface area (Å²) in [4.78, 5) is 16.8. The monoisotopic (exact) mass is 166 g/mol. The normalized spacial score (nSPS) is 26.2. The summed E-state index contributed by atoms with van der Waals surface area (Å²) in [7, 11) is 0. The Balaban J connectivity index is 2.12. The molecule has 2 rings (SSSR count). The van der Waals surface area contributed by atoms with Crippen LogP contribution in [0.15, 0.2) is 17.0 Å². The Kier molecular flexibility index (Phi) is 1.49. The van der Waals surface area contributed by atoms with Gasteiger partial charge in [0, 0.05) is 12.8 Å². The van der Waals surface area contributed by atoms with Gasteiger partial charge < -0.3 is 16.0 Å². The maximum absolute atomic E-state index is 10.8. The van der Waals surface area contributed by atoms with E-state index in [1.165, 1.54) is 0 Å². The van der Waals surface area contributed by atoms with Crippen molar-refractivity contribution in [1.29, 1.82) is 0 Å². The van der Waals surface area contributed by atoms with Crippen molar-refractivity contribution in [3.05, 3.63) is 12.0 Å². The van der Waals surface area contributed by atoms with Crippen LogP contribution in [0.25, 0.3) is 0 Å². The van der Waals surface area contributed by atoms with Gasteiger partial charge in [0.1, 0.15) is 11.9 Å². The maximum atomic E-state index is 10.8. The van der Waals surface area contributed by atoms with E-state index in [0.29, 0.717) is 6.54 Å². The van der Waals surface area contributed by atoms with Crippen LogP contribution in [0.1, 0.15) is 0 Å². The zero-order valence-corrected chi connectivity index (χ0v) is 6.53. The minimum atomic E-state index is -0.315. The van der Waals surface area contributed by atoms with Crippen LogP contribution in [0, 0.1) is 0 Å². The molecule has 3 N–H and O–H groups in total. The smallest absolute Gasteiger partial charge is 0.241 e. The Bertz CT molecular complexity index is 271. The SMILES string of the molecule is NC(=O)C1CN2CC=NC=C2N1. The fraction of sp³-hybridized carbons (Fsp3) is 0.429. The van der Waals surface area contributed by atoms with E-state index in [2.05, 4.69) is 10.3 Å². The average molecular weight is 166 g/mol. The second kappa shape index (κ2) is 2.51. The molecule has 2 heterocycles. The minimum Gasteiger partial charge on any atom is -0.368 e. The third-order valence-corrected chi connectivity index (χ3v) is 2.01. The molecule has 0 spiro atoms. The number of amides is 1. The molecule has 0 saturated carbocycles. The molecule has 64 valence electrons. The minimum absolute atomic E-state index is 0.266. The van der Waals surface area contributed by atoms with Crippen LogP contribution in [-0.4, -0.2) is 36.2 Å². The molecule has 0 aromatic heterocycles. The van der Waals surface area contributed by atoms with Crippen LogP contribution < -0.4 is 11.1 Å². The van der Waals surface area contributed by atoms with Crippen LogP contribution in [0.2, 0.25) is 0 Å². The van der Waals surface area contributed by atoms with Crippen LogP contribution in [-0.2, 0) is 4.79 Å². The molecule has 0 radical (unpaired) electrons. The molecule has 5 nitrogen and oxygen atoms in total. The second-order valence-electron chi connectivity index (χ2n) is 2.85. The summed E-state index contributed by atoms with van der Waals surface area (Å²) in [6, 6.07) is -0.266. The highest BCUT2D eigenvalue weighted by molar-refractivity contribution is 5.81. The molecule has 2 aliphatic heterocycles. The predicted octanol–water partition coefficient (Wildman–Crippen LogP) is -1.37. The molecule has 0 bridgehead atoms. The molecule has 12 heavy (non-hydrogen) atoms. The number of hydrogen-bond donors (Lipinski definition) is 2. The molecule has 1 unspecified atom stereocenters. The van der Waals surface area contributed by atoms with Crippen LogP contribution >= 0.6 is 0 Å². The number of nitrogens with two attached hydrogens (primary N) is 1. The lowest BCUT2D eigenvalue weighted by molar-refractivity contribution is -0.119. The fourth-order valence-corrected chi connectivity index (χ4v) is 1.36. The van der Waals surface area contributed by atoms with E-state index in [1.807, 2.05) is 4.90 Å². The largest absolute Gasteiger partial charge is 0.368 e. The summed E-state index contributed by atoms with van der Waals surface area (Å²) in [6.07, 6.45) is 3.50. The lowest BCUT2D eigenvalue weighted by Gasteiger charge is -2.17. The van der Waals surface area contributed by atoms with Gasteiger partial charge in [-0.2, -0.15) is 0 Å². The Labute approximate surface area is 69.9 Å². The van der Waals surface area contributed by atoms with Crippen molar-refractivity contribution in [3.8, 4) is 0 Å². The summed E-state index contributed by atoms with van der Waals surface area (Å²) in [5.41, 5.74) is 5.16. The van der Waals surface area contributed by atoms with E-state index >= 15 is 0 Å². The molecular weight excluding hydrogens is 156 g/mol. The van der Waals surface area contributed by atoms with Crippen molar-refractivity contribution in [1.82, 2.24) is 10.2 Å². The summed E-state index contributed by atoms with van der Waals surface area (Å²) in [6.45, 7) is 1.40. The van der Waals surface area contributed by atoms with Gasteiger partial charge in [-0.05, 0) is 0 Å². The number of hydrogen-bond acceptors (Lipinski definition) is 4. The number of fused-ring (bicyclic) bond motifs is 1. The number of aliphatic imine (C=N–C) groups is 1. The van der Waals surface area contributed by atoms with Gasteiger partial charge in [0.2, 0.25) is 5.91 Å². The number of nitrogens with zero attached hydrogens (tertiary/aromatic N) is 2. The van der Waals surface area contributed by atoms with E-state index in [4.69, 9.17) is 5.73 Å². The van der Waals surface area contributed by atoms with Crippen LogP contribution in [0.5, 0.6) is 0 Å². The van der Waals surface area contributed by atoms with Crippen molar-refractivity contribution in [2.45, 2.75) is 6.04 Å². The van der Waals surface area contributed by atoms with Crippen molar-refractivity contribution in [2.75, 3.05) is 13.1 Å². The summed E-state index contributed by atoms with van der Waals surface area (Å²) in [5, 5.41) is 2.99. The highest BCUT2D eigenvalue weighted by atomic mass is 16.1. The third kappa shape index (κ3) is 1.03. The Morgan fingerprint density at radius 1 is 1.83 bits per heavy atom. The van der Waals surface area contributed by atoms with E-state index in [-0.39, 0.29) is 11.9 Å². The fourth-order valence-electron chi connectivity index (χ4n) is 1.36. The summed E-state index contributed by atoms with van der Waals surface area (Å²) >= 11 is 0. The number of primary amides is 1. The molecule has 1 amide bonds. The molecule has 0 aromatic carbocycles. The molecule has 1 fully saturated rings. The zero-order valence-electron chi connectivity index (χ0n) is 6.53. The van der Waals surface area contributed by atoms with Gasteiger partial charge in [-0.3, -0.25) is 9.79 Å². The Morgan fingerprint density at radius 3 is 3.33 bits per heavy atom. The second-order valence-corrected chi connectivity index (χ2v) is 2.85. The molecule has 1 atom stereocenters. The average Bonchev–Trinajstić information content (AvgIpc) is 2.46. The van der Waals surface area contributed by atoms with E-state index in [9.17, 15) is 4.79 Å². The van der Waals surface area contributed by atoms with E-state index in [0.717, 1.165) is 12.4 Å².